The molecule has 6 nitrogen and oxygen atoms in total. The van der Waals surface area contributed by atoms with Gasteiger partial charge in [-0.2, -0.15) is 13.2 Å². The molecule has 0 saturated carbocycles. The predicted octanol–water partition coefficient (Wildman–Crippen LogP) is 6.29. The van der Waals surface area contributed by atoms with E-state index in [0.717, 1.165) is 18.2 Å². The highest BCUT2D eigenvalue weighted by Gasteiger charge is 2.31. The van der Waals surface area contributed by atoms with Crippen LogP contribution in [-0.4, -0.2) is 25.5 Å². The molecule has 0 aromatic heterocycles. The van der Waals surface area contributed by atoms with Crippen molar-refractivity contribution in [3.8, 4) is 11.5 Å². The van der Waals surface area contributed by atoms with Crippen molar-refractivity contribution < 1.29 is 32.2 Å². The molecule has 0 atom stereocenters. The van der Waals surface area contributed by atoms with Crippen LogP contribution in [0, 0.1) is 0 Å². The highest BCUT2D eigenvalue weighted by Crippen LogP contribution is 2.34. The normalized spacial score (nSPS) is 11.0. The quantitative estimate of drug-likeness (QED) is 0.390. The number of anilines is 2. The van der Waals surface area contributed by atoms with E-state index in [4.69, 9.17) is 32.7 Å². The fourth-order valence-corrected chi connectivity index (χ4v) is 3.20. The van der Waals surface area contributed by atoms with Crippen LogP contribution >= 0.6 is 23.2 Å². The fraction of sp³-hybridized carbons (Fsp3) is 0.130. The van der Waals surface area contributed by atoms with E-state index >= 15 is 0 Å². The molecule has 11 heteroatoms. The van der Waals surface area contributed by atoms with Crippen molar-refractivity contribution in [3.63, 3.8) is 0 Å². The molecular weight excluding hydrogens is 496 g/mol. The van der Waals surface area contributed by atoms with Crippen LogP contribution < -0.4 is 20.1 Å². The zero-order valence-electron chi connectivity index (χ0n) is 17.5. The Morgan fingerprint density at radius 3 is 2.24 bits per heavy atom. The summed E-state index contributed by atoms with van der Waals surface area (Å²) in [7, 11) is 1.48. The van der Waals surface area contributed by atoms with E-state index in [1.165, 1.54) is 31.4 Å². The van der Waals surface area contributed by atoms with E-state index in [0.29, 0.717) is 22.0 Å². The van der Waals surface area contributed by atoms with Gasteiger partial charge in [-0.3, -0.25) is 9.59 Å². The minimum absolute atomic E-state index is 0.0464. The molecule has 2 N–H and O–H groups in total. The summed E-state index contributed by atoms with van der Waals surface area (Å²) in [5.41, 5.74) is -0.338. The summed E-state index contributed by atoms with van der Waals surface area (Å²) < 4.78 is 48.9. The molecule has 3 rings (SSSR count). The molecule has 2 amide bonds. The molecule has 3 aromatic carbocycles. The van der Waals surface area contributed by atoms with Crippen molar-refractivity contribution in [3.05, 3.63) is 81.8 Å². The highest BCUT2D eigenvalue weighted by molar-refractivity contribution is 6.33. The number of benzene rings is 3. The Kier molecular flexibility index (Phi) is 7.90. The second kappa shape index (κ2) is 10.7. The van der Waals surface area contributed by atoms with E-state index < -0.39 is 30.2 Å². The molecular formula is C23H17Cl2F3N2O4. The number of methoxy groups -OCH3 is 1. The number of carbonyl (C=O) groups is 2. The third kappa shape index (κ3) is 6.55. The van der Waals surface area contributed by atoms with Gasteiger partial charge in [-0.05, 0) is 60.7 Å². The lowest BCUT2D eigenvalue weighted by molar-refractivity contribution is -0.137. The number of halogens is 5. The SMILES string of the molecule is COc1ccc(NC(=O)c2ccc(OCC(=O)Nc3cc(C(F)(F)F)ccc3Cl)cc2)cc1Cl. The van der Waals surface area contributed by atoms with Gasteiger partial charge in [0.1, 0.15) is 11.5 Å². The Bertz CT molecular complexity index is 1200. The van der Waals surface area contributed by atoms with E-state index in [-0.39, 0.29) is 16.5 Å². The number of hydrogen-bond acceptors (Lipinski definition) is 4. The Morgan fingerprint density at radius 1 is 0.912 bits per heavy atom. The van der Waals surface area contributed by atoms with Crippen LogP contribution in [0.4, 0.5) is 24.5 Å². The van der Waals surface area contributed by atoms with Gasteiger partial charge in [0.15, 0.2) is 6.61 Å². The highest BCUT2D eigenvalue weighted by atomic mass is 35.5. The topological polar surface area (TPSA) is 76.7 Å². The number of nitrogens with one attached hydrogen (secondary N) is 2. The molecule has 0 radical (unpaired) electrons. The van der Waals surface area contributed by atoms with Crippen LogP contribution in [0.5, 0.6) is 11.5 Å². The summed E-state index contributed by atoms with van der Waals surface area (Å²) in [4.78, 5) is 24.5. The van der Waals surface area contributed by atoms with Crippen molar-refractivity contribution in [2.75, 3.05) is 24.4 Å². The molecule has 0 bridgehead atoms. The molecule has 0 fully saturated rings. The van der Waals surface area contributed by atoms with Gasteiger partial charge >= 0.3 is 6.18 Å². The number of ether oxygens (including phenoxy) is 2. The van der Waals surface area contributed by atoms with E-state index in [1.807, 2.05) is 0 Å². The number of hydrogen-bond donors (Lipinski definition) is 2. The minimum atomic E-state index is -4.58. The Labute approximate surface area is 202 Å². The molecule has 0 spiro atoms. The first-order valence-corrected chi connectivity index (χ1v) is 10.4. The van der Waals surface area contributed by atoms with Crippen LogP contribution in [0.2, 0.25) is 10.0 Å². The van der Waals surface area contributed by atoms with Crippen molar-refractivity contribution in [1.29, 1.82) is 0 Å². The Hall–Kier alpha value is -3.43. The molecule has 0 unspecified atom stereocenters. The summed E-state index contributed by atoms with van der Waals surface area (Å²) in [5, 5.41) is 5.27. The smallest absolute Gasteiger partial charge is 0.416 e. The van der Waals surface area contributed by atoms with Crippen LogP contribution in [0.1, 0.15) is 15.9 Å². The fourth-order valence-electron chi connectivity index (χ4n) is 2.78. The van der Waals surface area contributed by atoms with Crippen molar-refractivity contribution in [1.82, 2.24) is 0 Å². The first-order valence-electron chi connectivity index (χ1n) is 9.61. The summed E-state index contributed by atoms with van der Waals surface area (Å²) in [6.45, 7) is -0.484. The van der Waals surface area contributed by atoms with E-state index in [9.17, 15) is 22.8 Å². The third-order valence-electron chi connectivity index (χ3n) is 4.46. The number of amides is 2. The van der Waals surface area contributed by atoms with Crippen molar-refractivity contribution in [2.45, 2.75) is 6.18 Å². The average molecular weight is 513 g/mol. The molecule has 0 aliphatic heterocycles. The standard InChI is InChI=1S/C23H17Cl2F3N2O4/c1-33-20-9-5-15(11-18(20)25)29-22(32)13-2-6-16(7-3-13)34-12-21(31)30-19-10-14(23(26,27)28)4-8-17(19)24/h2-11H,12H2,1H3,(H,29,32)(H,30,31). The molecule has 0 aliphatic carbocycles. The molecule has 0 heterocycles. The Morgan fingerprint density at radius 2 is 1.62 bits per heavy atom. The van der Waals surface area contributed by atoms with Gasteiger partial charge in [0, 0.05) is 11.3 Å². The monoisotopic (exact) mass is 512 g/mol. The van der Waals surface area contributed by atoms with Crippen molar-refractivity contribution >= 4 is 46.4 Å². The number of carbonyl (C=O) groups excluding carboxylic acids is 2. The largest absolute Gasteiger partial charge is 0.495 e. The predicted molar refractivity (Wildman–Crippen MR) is 123 cm³/mol. The summed E-state index contributed by atoms with van der Waals surface area (Å²) in [6.07, 6.45) is -4.58. The lowest BCUT2D eigenvalue weighted by Crippen LogP contribution is -2.21. The van der Waals surface area contributed by atoms with Gasteiger partial charge in [-0.15, -0.1) is 0 Å². The van der Waals surface area contributed by atoms with Gasteiger partial charge < -0.3 is 20.1 Å². The number of rotatable bonds is 7. The van der Waals surface area contributed by atoms with Crippen molar-refractivity contribution in [2.24, 2.45) is 0 Å². The van der Waals surface area contributed by atoms with Gasteiger partial charge in [0.2, 0.25) is 0 Å². The molecule has 34 heavy (non-hydrogen) atoms. The zero-order chi connectivity index (χ0) is 24.9. The van der Waals surface area contributed by atoms with Gasteiger partial charge in [0.05, 0.1) is 28.4 Å². The molecule has 178 valence electrons. The second-order valence-electron chi connectivity index (χ2n) is 6.86. The van der Waals surface area contributed by atoms with E-state index in [1.54, 1.807) is 18.2 Å². The molecule has 0 aliphatic rings. The lowest BCUT2D eigenvalue weighted by atomic mass is 10.2. The van der Waals surface area contributed by atoms with Crippen LogP contribution in [-0.2, 0) is 11.0 Å². The average Bonchev–Trinajstić information content (AvgIpc) is 2.79. The van der Waals surface area contributed by atoms with Crippen LogP contribution in [0.3, 0.4) is 0 Å². The molecule has 0 saturated heterocycles. The van der Waals surface area contributed by atoms with Gasteiger partial charge in [0.25, 0.3) is 11.8 Å². The summed E-state index contributed by atoms with van der Waals surface area (Å²) in [6, 6.07) is 13.3. The minimum Gasteiger partial charge on any atom is -0.495 e. The van der Waals surface area contributed by atoms with Crippen LogP contribution in [0.25, 0.3) is 0 Å². The summed E-state index contributed by atoms with van der Waals surface area (Å²) >= 11 is 11.9. The first-order chi connectivity index (χ1) is 16.1. The summed E-state index contributed by atoms with van der Waals surface area (Å²) in [5.74, 6) is -0.362. The molecule has 3 aromatic rings. The van der Waals surface area contributed by atoms with Crippen LogP contribution in [0.15, 0.2) is 60.7 Å². The maximum absolute atomic E-state index is 12.8. The van der Waals surface area contributed by atoms with E-state index in [2.05, 4.69) is 10.6 Å². The maximum Gasteiger partial charge on any atom is 0.416 e. The van der Waals surface area contributed by atoms with Gasteiger partial charge in [-0.1, -0.05) is 23.2 Å². The maximum atomic E-state index is 12.8. The number of alkyl halides is 3. The second-order valence-corrected chi connectivity index (χ2v) is 7.67. The lowest BCUT2D eigenvalue weighted by Gasteiger charge is -2.12. The zero-order valence-corrected chi connectivity index (χ0v) is 19.0. The third-order valence-corrected chi connectivity index (χ3v) is 5.09. The Balaban J connectivity index is 1.56. The van der Waals surface area contributed by atoms with Gasteiger partial charge in [-0.25, -0.2) is 0 Å². The first kappa shape index (κ1) is 25.2.